The summed E-state index contributed by atoms with van der Waals surface area (Å²) < 4.78 is 19.4. The third kappa shape index (κ3) is 4.08. The first-order chi connectivity index (χ1) is 12.8. The van der Waals surface area contributed by atoms with Crippen LogP contribution in [-0.2, 0) is 16.1 Å². The van der Waals surface area contributed by atoms with Crippen LogP contribution in [0.3, 0.4) is 0 Å². The predicted molar refractivity (Wildman–Crippen MR) is 99.8 cm³/mol. The molecule has 2 saturated heterocycles. The molecule has 1 spiro atoms. The van der Waals surface area contributed by atoms with Crippen LogP contribution in [-0.4, -0.2) is 73.9 Å². The smallest absolute Gasteiger partial charge is 0.236 e. The molecule has 0 aromatic heterocycles. The Morgan fingerprint density at radius 3 is 2.78 bits per heavy atom. The topological polar surface area (TPSA) is 53.1 Å². The molecule has 0 saturated carbocycles. The zero-order valence-electron chi connectivity index (χ0n) is 16.3. The Morgan fingerprint density at radius 1 is 1.30 bits per heavy atom. The molecular formula is C20H28FN3O3. The van der Waals surface area contributed by atoms with Crippen molar-refractivity contribution in [3.8, 4) is 5.75 Å². The number of ether oxygens (including phenoxy) is 1. The number of nitrogens with zero attached hydrogens (tertiary/aromatic N) is 3. The van der Waals surface area contributed by atoms with Crippen LogP contribution in [0.5, 0.6) is 5.75 Å². The lowest BCUT2D eigenvalue weighted by Gasteiger charge is -2.39. The van der Waals surface area contributed by atoms with Crippen LogP contribution < -0.4 is 4.74 Å². The van der Waals surface area contributed by atoms with Gasteiger partial charge in [0, 0.05) is 39.3 Å². The van der Waals surface area contributed by atoms with Gasteiger partial charge in [0.15, 0.2) is 0 Å². The van der Waals surface area contributed by atoms with Crippen molar-refractivity contribution in [1.82, 2.24) is 14.7 Å². The second-order valence-electron chi connectivity index (χ2n) is 7.82. The summed E-state index contributed by atoms with van der Waals surface area (Å²) in [5, 5.41) is 0. The number of carbonyl (C=O) groups is 2. The third-order valence-electron chi connectivity index (χ3n) is 5.73. The highest BCUT2D eigenvalue weighted by molar-refractivity contribution is 5.84. The van der Waals surface area contributed by atoms with Crippen molar-refractivity contribution < 1.29 is 18.7 Å². The summed E-state index contributed by atoms with van der Waals surface area (Å²) in [6.45, 7) is 2.57. The molecule has 1 aromatic rings. The normalized spacial score (nSPS) is 23.1. The van der Waals surface area contributed by atoms with Gasteiger partial charge >= 0.3 is 0 Å². The van der Waals surface area contributed by atoms with Crippen molar-refractivity contribution in [3.05, 3.63) is 29.6 Å². The molecule has 148 valence electrons. The standard InChI is InChI=1S/C20H28FN3O3/c1-22(2)18(25)13-23-10-8-20(14-23)7-4-9-24(19(20)26)12-15-11-16(27-3)5-6-17(15)21/h5-6,11H,4,7-10,12-14H2,1-3H3. The van der Waals surface area contributed by atoms with Crippen molar-refractivity contribution >= 4 is 11.8 Å². The van der Waals surface area contributed by atoms with Crippen LogP contribution in [0.15, 0.2) is 18.2 Å². The highest BCUT2D eigenvalue weighted by atomic mass is 19.1. The average Bonchev–Trinajstić information content (AvgIpc) is 3.04. The SMILES string of the molecule is COc1ccc(F)c(CN2CCCC3(CCN(CC(=O)N(C)C)C3)C2=O)c1. The molecule has 1 aromatic carbocycles. The first-order valence-corrected chi connectivity index (χ1v) is 9.39. The number of carbonyl (C=O) groups excluding carboxylic acids is 2. The van der Waals surface area contributed by atoms with E-state index < -0.39 is 5.41 Å². The van der Waals surface area contributed by atoms with E-state index in [1.54, 1.807) is 43.1 Å². The molecule has 0 bridgehead atoms. The van der Waals surface area contributed by atoms with Crippen LogP contribution in [0.4, 0.5) is 4.39 Å². The van der Waals surface area contributed by atoms with Crippen molar-refractivity contribution in [2.24, 2.45) is 5.41 Å². The Bertz CT molecular complexity index is 724. The van der Waals surface area contributed by atoms with Gasteiger partial charge in [-0.2, -0.15) is 0 Å². The van der Waals surface area contributed by atoms with E-state index in [1.807, 2.05) is 0 Å². The predicted octanol–water partition coefficient (Wildman–Crippen LogP) is 1.74. The molecule has 27 heavy (non-hydrogen) atoms. The third-order valence-corrected chi connectivity index (χ3v) is 5.73. The summed E-state index contributed by atoms with van der Waals surface area (Å²) in [6.07, 6.45) is 2.48. The van der Waals surface area contributed by atoms with Gasteiger partial charge in [0.25, 0.3) is 0 Å². The Balaban J connectivity index is 1.70. The van der Waals surface area contributed by atoms with E-state index in [-0.39, 0.29) is 24.2 Å². The van der Waals surface area contributed by atoms with Gasteiger partial charge in [0.2, 0.25) is 11.8 Å². The number of rotatable bonds is 5. The Kier molecular flexibility index (Phi) is 5.69. The van der Waals surface area contributed by atoms with E-state index in [9.17, 15) is 14.0 Å². The van der Waals surface area contributed by atoms with Crippen molar-refractivity contribution in [1.29, 1.82) is 0 Å². The summed E-state index contributed by atoms with van der Waals surface area (Å²) in [4.78, 5) is 30.6. The molecule has 6 nitrogen and oxygen atoms in total. The number of methoxy groups -OCH3 is 1. The van der Waals surface area contributed by atoms with E-state index in [1.165, 1.54) is 6.07 Å². The summed E-state index contributed by atoms with van der Waals surface area (Å²) in [5.74, 6) is 0.383. The molecule has 2 amide bonds. The summed E-state index contributed by atoms with van der Waals surface area (Å²) in [7, 11) is 5.02. The molecule has 0 radical (unpaired) electrons. The molecule has 1 atom stereocenters. The van der Waals surface area contributed by atoms with Crippen LogP contribution in [0.2, 0.25) is 0 Å². The first kappa shape index (κ1) is 19.6. The number of hydrogen-bond acceptors (Lipinski definition) is 4. The van der Waals surface area contributed by atoms with Gasteiger partial charge in [-0.1, -0.05) is 0 Å². The highest BCUT2D eigenvalue weighted by Crippen LogP contribution is 2.40. The van der Waals surface area contributed by atoms with Gasteiger partial charge in [0.05, 0.1) is 19.1 Å². The van der Waals surface area contributed by atoms with Crippen molar-refractivity contribution in [2.75, 3.05) is 47.4 Å². The number of hydrogen-bond donors (Lipinski definition) is 0. The van der Waals surface area contributed by atoms with E-state index in [0.29, 0.717) is 30.9 Å². The van der Waals surface area contributed by atoms with E-state index in [0.717, 1.165) is 25.8 Å². The molecule has 0 N–H and O–H groups in total. The van der Waals surface area contributed by atoms with Gasteiger partial charge in [-0.05, 0) is 44.0 Å². The Labute approximate surface area is 159 Å². The second kappa shape index (κ2) is 7.84. The number of halogens is 1. The lowest BCUT2D eigenvalue weighted by Crippen LogP contribution is -2.50. The van der Waals surface area contributed by atoms with Gasteiger partial charge in [-0.15, -0.1) is 0 Å². The number of likely N-dealkylation sites (tertiary alicyclic amines) is 2. The quantitative estimate of drug-likeness (QED) is 0.784. The molecule has 2 aliphatic rings. The van der Waals surface area contributed by atoms with Crippen LogP contribution in [0.1, 0.15) is 24.8 Å². The van der Waals surface area contributed by atoms with Gasteiger partial charge in [0.1, 0.15) is 11.6 Å². The van der Waals surface area contributed by atoms with Gasteiger partial charge in [-0.3, -0.25) is 14.5 Å². The fourth-order valence-electron chi connectivity index (χ4n) is 4.11. The monoisotopic (exact) mass is 377 g/mol. The van der Waals surface area contributed by atoms with Crippen LogP contribution >= 0.6 is 0 Å². The van der Waals surface area contributed by atoms with Crippen molar-refractivity contribution in [2.45, 2.75) is 25.8 Å². The van der Waals surface area contributed by atoms with Crippen LogP contribution in [0, 0.1) is 11.2 Å². The maximum absolute atomic E-state index is 14.2. The van der Waals surface area contributed by atoms with Gasteiger partial charge < -0.3 is 14.5 Å². The average molecular weight is 377 g/mol. The maximum atomic E-state index is 14.2. The molecule has 0 aliphatic carbocycles. The second-order valence-corrected chi connectivity index (χ2v) is 7.82. The number of benzene rings is 1. The zero-order valence-corrected chi connectivity index (χ0v) is 16.3. The molecule has 3 rings (SSSR count). The summed E-state index contributed by atoms with van der Waals surface area (Å²) >= 11 is 0. The summed E-state index contributed by atoms with van der Waals surface area (Å²) in [5.41, 5.74) is 0.0255. The number of piperidine rings is 1. The number of likely N-dealkylation sites (N-methyl/N-ethyl adjacent to an activating group) is 1. The Morgan fingerprint density at radius 2 is 2.07 bits per heavy atom. The van der Waals surface area contributed by atoms with Crippen molar-refractivity contribution in [3.63, 3.8) is 0 Å². The fourth-order valence-corrected chi connectivity index (χ4v) is 4.11. The first-order valence-electron chi connectivity index (χ1n) is 9.39. The Hall–Kier alpha value is -2.15. The van der Waals surface area contributed by atoms with E-state index >= 15 is 0 Å². The summed E-state index contributed by atoms with van der Waals surface area (Å²) in [6, 6.07) is 4.61. The van der Waals surface area contributed by atoms with Gasteiger partial charge in [-0.25, -0.2) is 4.39 Å². The molecule has 7 heteroatoms. The molecule has 2 fully saturated rings. The lowest BCUT2D eigenvalue weighted by molar-refractivity contribution is -0.146. The maximum Gasteiger partial charge on any atom is 0.236 e. The van der Waals surface area contributed by atoms with E-state index in [2.05, 4.69) is 4.90 Å². The molecule has 1 unspecified atom stereocenters. The fraction of sp³-hybridized carbons (Fsp3) is 0.600. The molecular weight excluding hydrogens is 349 g/mol. The van der Waals surface area contributed by atoms with E-state index in [4.69, 9.17) is 4.74 Å². The minimum atomic E-state index is -0.444. The minimum absolute atomic E-state index is 0.0469. The highest BCUT2D eigenvalue weighted by Gasteiger charge is 2.48. The largest absolute Gasteiger partial charge is 0.497 e. The van der Waals surface area contributed by atoms with Crippen LogP contribution in [0.25, 0.3) is 0 Å². The molecule has 2 heterocycles. The minimum Gasteiger partial charge on any atom is -0.497 e. The zero-order chi connectivity index (χ0) is 19.6. The number of amides is 2. The lowest BCUT2D eigenvalue weighted by atomic mass is 9.78. The molecule has 2 aliphatic heterocycles.